The molecule has 0 radical (unpaired) electrons. The molecule has 3 amide bonds. The zero-order valence-corrected chi connectivity index (χ0v) is 29.7. The SMILES string of the molecule is CC(C)C(O/N=C(\C(=O)N[C@@H]1C(=O)N(S(=O)(=O)O)[C@@H]1COC(=O)C1CN(C(=O)c2ccc(O)c(O)c2Cl)C1)c1csc(N)n1)c1cc(=O)c(O)cn1O. The number of anilines is 1. The Labute approximate surface area is 307 Å². The van der Waals surface area contributed by atoms with Gasteiger partial charge in [0.2, 0.25) is 5.43 Å². The minimum atomic E-state index is -5.21. The molecule has 1 aromatic carbocycles. The third-order valence-electron chi connectivity index (χ3n) is 8.10. The molecule has 24 heteroatoms. The summed E-state index contributed by atoms with van der Waals surface area (Å²) >= 11 is 6.85. The van der Waals surface area contributed by atoms with Crippen LogP contribution in [0.4, 0.5) is 5.13 Å². The fourth-order valence-corrected chi connectivity index (χ4v) is 6.93. The van der Waals surface area contributed by atoms with Crippen LogP contribution < -0.4 is 16.5 Å². The maximum Gasteiger partial charge on any atom is 0.362 e. The Bertz CT molecular complexity index is 2180. The molecule has 2 aromatic heterocycles. The molecule has 0 spiro atoms. The van der Waals surface area contributed by atoms with Crippen molar-refractivity contribution in [3.63, 3.8) is 0 Å². The van der Waals surface area contributed by atoms with Crippen molar-refractivity contribution < 1.29 is 62.2 Å². The summed E-state index contributed by atoms with van der Waals surface area (Å²) in [6.45, 7) is 2.06. The van der Waals surface area contributed by atoms with E-state index in [0.717, 1.165) is 29.7 Å². The van der Waals surface area contributed by atoms with Crippen LogP contribution >= 0.6 is 22.9 Å². The molecule has 284 valence electrons. The van der Waals surface area contributed by atoms with Crippen LogP contribution in [0.2, 0.25) is 5.02 Å². The number of aromatic nitrogens is 2. The number of hydrogen-bond acceptors (Lipinski definition) is 17. The van der Waals surface area contributed by atoms with Gasteiger partial charge in [0.15, 0.2) is 34.2 Å². The van der Waals surface area contributed by atoms with Gasteiger partial charge in [-0.3, -0.25) is 28.5 Å². The number of phenolic OH excluding ortho intramolecular Hbond substituents is 2. The van der Waals surface area contributed by atoms with Crippen LogP contribution in [0.5, 0.6) is 17.2 Å². The second-order valence-corrected chi connectivity index (χ2v) is 14.6. The summed E-state index contributed by atoms with van der Waals surface area (Å²) in [6.07, 6.45) is -0.478. The summed E-state index contributed by atoms with van der Waals surface area (Å²) in [5, 5.41) is 46.3. The van der Waals surface area contributed by atoms with Crippen molar-refractivity contribution in [1.82, 2.24) is 24.2 Å². The average molecular weight is 800 g/mol. The number of rotatable bonds is 12. The molecule has 8 N–H and O–H groups in total. The van der Waals surface area contributed by atoms with Crippen molar-refractivity contribution >= 4 is 67.8 Å². The summed E-state index contributed by atoms with van der Waals surface area (Å²) < 4.78 is 39.4. The van der Waals surface area contributed by atoms with E-state index in [1.165, 1.54) is 16.3 Å². The number of pyridine rings is 1. The Morgan fingerprint density at radius 2 is 1.85 bits per heavy atom. The lowest BCUT2D eigenvalue weighted by atomic mass is 9.97. The number of hydrogen-bond donors (Lipinski definition) is 7. The summed E-state index contributed by atoms with van der Waals surface area (Å²) in [5.41, 5.74) is 3.82. The number of aromatic hydroxyl groups is 3. The largest absolute Gasteiger partial charge is 0.504 e. The molecule has 21 nitrogen and oxygen atoms in total. The van der Waals surface area contributed by atoms with E-state index in [1.54, 1.807) is 13.8 Å². The minimum absolute atomic E-state index is 0.00457. The molecule has 3 atom stereocenters. The number of carbonyl (C=O) groups is 4. The number of oxime groups is 1. The quantitative estimate of drug-likeness (QED) is 0.0238. The first kappa shape index (κ1) is 38.6. The third-order valence-corrected chi connectivity index (χ3v) is 10.1. The highest BCUT2D eigenvalue weighted by Gasteiger charge is 2.55. The molecule has 5 rings (SSSR count). The maximum absolute atomic E-state index is 13.6. The van der Waals surface area contributed by atoms with Gasteiger partial charge < -0.3 is 46.1 Å². The van der Waals surface area contributed by atoms with Crippen LogP contribution in [0.25, 0.3) is 0 Å². The number of nitrogen functional groups attached to an aromatic ring is 1. The van der Waals surface area contributed by atoms with Gasteiger partial charge in [-0.25, -0.2) is 9.29 Å². The number of halogens is 1. The van der Waals surface area contributed by atoms with E-state index in [0.29, 0.717) is 4.73 Å². The van der Waals surface area contributed by atoms with Gasteiger partial charge in [-0.05, 0) is 18.1 Å². The first-order valence-corrected chi connectivity index (χ1v) is 17.8. The van der Waals surface area contributed by atoms with Gasteiger partial charge in [-0.2, -0.15) is 13.1 Å². The molecule has 1 unspecified atom stereocenters. The first-order chi connectivity index (χ1) is 24.8. The van der Waals surface area contributed by atoms with Crippen molar-refractivity contribution in [3.8, 4) is 17.2 Å². The van der Waals surface area contributed by atoms with E-state index in [1.807, 2.05) is 0 Å². The summed E-state index contributed by atoms with van der Waals surface area (Å²) in [5.74, 6) is -7.49. The Morgan fingerprint density at radius 3 is 2.45 bits per heavy atom. The van der Waals surface area contributed by atoms with E-state index in [4.69, 9.17) is 26.9 Å². The second kappa shape index (κ2) is 14.8. The lowest BCUT2D eigenvalue weighted by Gasteiger charge is -2.44. The standard InChI is InChI=1S/C29H30ClN7O14S2/c1-11(2)24(15-5-18(39)19(40)8-36(15)46)51-34-21(14-10-52-29(31)32-14)25(42)33-22-16(37(27(22)44)53(47,48)49)9-50-28(45)12-6-35(7-12)26(43)13-3-4-17(38)23(41)20(13)30/h3-5,8,10-12,16,22,24,38,40-41,46H,6-7,9H2,1-2H3,(H2,31,32)(H,33,42)(H,47,48,49)/b34-21-/t16-,22+,24?/m1/s1. The van der Waals surface area contributed by atoms with E-state index in [9.17, 15) is 57.5 Å². The number of ether oxygens (including phenoxy) is 1. The van der Waals surface area contributed by atoms with Crippen molar-refractivity contribution in [2.75, 3.05) is 25.4 Å². The number of amides is 3. The number of thiazole rings is 1. The molecule has 2 fully saturated rings. The number of benzene rings is 1. The molecule has 2 aliphatic heterocycles. The fraction of sp³-hybridized carbons (Fsp3) is 0.345. The number of carbonyl (C=O) groups excluding carboxylic acids is 4. The van der Waals surface area contributed by atoms with Gasteiger partial charge in [0.05, 0.1) is 22.7 Å². The smallest absolute Gasteiger partial charge is 0.362 e. The third kappa shape index (κ3) is 7.77. The lowest BCUT2D eigenvalue weighted by molar-refractivity contribution is -0.161. The number of nitrogens with one attached hydrogen (secondary N) is 1. The van der Waals surface area contributed by atoms with Crippen LogP contribution in [-0.4, -0.2) is 114 Å². The predicted molar refractivity (Wildman–Crippen MR) is 181 cm³/mol. The topological polar surface area (TPSA) is 314 Å². The average Bonchev–Trinajstić information content (AvgIpc) is 3.48. The van der Waals surface area contributed by atoms with Gasteiger partial charge in [0.25, 0.3) is 17.7 Å². The molecule has 0 bridgehead atoms. The van der Waals surface area contributed by atoms with E-state index in [-0.39, 0.29) is 39.5 Å². The number of likely N-dealkylation sites (tertiary alicyclic amines) is 1. The summed E-state index contributed by atoms with van der Waals surface area (Å²) in [4.78, 5) is 74.9. The van der Waals surface area contributed by atoms with Gasteiger partial charge in [0, 0.05) is 24.5 Å². The normalized spacial score (nSPS) is 18.3. The monoisotopic (exact) mass is 799 g/mol. The minimum Gasteiger partial charge on any atom is -0.504 e. The Morgan fingerprint density at radius 1 is 1.17 bits per heavy atom. The summed E-state index contributed by atoms with van der Waals surface area (Å²) in [6, 6.07) is -0.236. The van der Waals surface area contributed by atoms with Crippen molar-refractivity contribution in [2.45, 2.75) is 32.0 Å². The second-order valence-electron chi connectivity index (χ2n) is 12.0. The Balaban J connectivity index is 1.30. The van der Waals surface area contributed by atoms with Crippen LogP contribution in [-0.2, 0) is 34.3 Å². The van der Waals surface area contributed by atoms with Crippen molar-refractivity contribution in [2.24, 2.45) is 17.0 Å². The lowest BCUT2D eigenvalue weighted by Crippen LogP contribution is -2.73. The van der Waals surface area contributed by atoms with Gasteiger partial charge in [-0.15, -0.1) is 11.3 Å². The molecule has 53 heavy (non-hydrogen) atoms. The van der Waals surface area contributed by atoms with Crippen LogP contribution in [0.1, 0.15) is 41.7 Å². The van der Waals surface area contributed by atoms with Gasteiger partial charge >= 0.3 is 16.3 Å². The van der Waals surface area contributed by atoms with Gasteiger partial charge in [0.1, 0.15) is 30.1 Å². The molecule has 0 saturated carbocycles. The molecule has 2 saturated heterocycles. The molecule has 2 aliphatic rings. The van der Waals surface area contributed by atoms with E-state index in [2.05, 4.69) is 15.5 Å². The highest BCUT2D eigenvalue weighted by molar-refractivity contribution is 7.84. The number of phenols is 2. The van der Waals surface area contributed by atoms with Crippen LogP contribution in [0.3, 0.4) is 0 Å². The molecular formula is C29H30ClN7O14S2. The zero-order valence-electron chi connectivity index (χ0n) is 27.3. The molecule has 0 aliphatic carbocycles. The number of β-lactam (4-membered cyclic amide) rings is 1. The molecule has 4 heterocycles. The van der Waals surface area contributed by atoms with Crippen LogP contribution in [0.15, 0.2) is 39.7 Å². The van der Waals surface area contributed by atoms with Crippen molar-refractivity contribution in [3.05, 3.63) is 62.0 Å². The highest BCUT2D eigenvalue weighted by atomic mass is 35.5. The molecule has 3 aromatic rings. The van der Waals surface area contributed by atoms with Gasteiger partial charge in [-0.1, -0.05) is 30.6 Å². The number of esters is 1. The van der Waals surface area contributed by atoms with Crippen LogP contribution in [0, 0.1) is 11.8 Å². The number of nitrogens with zero attached hydrogens (tertiary/aromatic N) is 5. The highest BCUT2D eigenvalue weighted by Crippen LogP contribution is 2.37. The molecular weight excluding hydrogens is 770 g/mol. The Hall–Kier alpha value is -5.65. The first-order valence-electron chi connectivity index (χ1n) is 15.2. The maximum atomic E-state index is 13.6. The van der Waals surface area contributed by atoms with Crippen molar-refractivity contribution in [1.29, 1.82) is 0 Å². The zero-order chi connectivity index (χ0) is 39.1. The Kier molecular flexibility index (Phi) is 10.7. The predicted octanol–water partition coefficient (Wildman–Crippen LogP) is -0.174. The summed E-state index contributed by atoms with van der Waals surface area (Å²) in [7, 11) is -5.21. The van der Waals surface area contributed by atoms with E-state index < -0.39 is 104 Å². The van der Waals surface area contributed by atoms with E-state index >= 15 is 0 Å². The number of nitrogens with two attached hydrogens (primary N) is 1. The fourth-order valence-electron chi connectivity index (χ4n) is 5.27.